The van der Waals surface area contributed by atoms with Crippen LogP contribution in [0.5, 0.6) is 11.5 Å². The van der Waals surface area contributed by atoms with Crippen molar-refractivity contribution in [3.05, 3.63) is 65.2 Å². The van der Waals surface area contributed by atoms with Gasteiger partial charge in [0.1, 0.15) is 17.3 Å². The summed E-state index contributed by atoms with van der Waals surface area (Å²) in [4.78, 5) is 38.6. The van der Waals surface area contributed by atoms with Gasteiger partial charge in [-0.05, 0) is 54.3 Å². The second kappa shape index (κ2) is 10.3. The van der Waals surface area contributed by atoms with E-state index in [1.54, 1.807) is 48.5 Å². The molecule has 174 valence electrons. The molecule has 1 unspecified atom stereocenters. The Balaban J connectivity index is 2.05. The SMILES string of the molecule is CCCN1C(=O)C(=O)/C(=C(\O)c2ccc(OCC(C)C)cc2)C1c1cccc(OC(C)=O)c1. The van der Waals surface area contributed by atoms with E-state index in [9.17, 15) is 19.5 Å². The van der Waals surface area contributed by atoms with Crippen LogP contribution < -0.4 is 9.47 Å². The number of aliphatic hydroxyl groups excluding tert-OH is 1. The first kappa shape index (κ1) is 24.0. The monoisotopic (exact) mass is 451 g/mol. The minimum Gasteiger partial charge on any atom is -0.507 e. The topological polar surface area (TPSA) is 93.1 Å². The smallest absolute Gasteiger partial charge is 0.308 e. The number of hydrogen-bond donors (Lipinski definition) is 1. The van der Waals surface area contributed by atoms with Gasteiger partial charge in [0.25, 0.3) is 11.7 Å². The van der Waals surface area contributed by atoms with Crippen LogP contribution in [0.4, 0.5) is 0 Å². The van der Waals surface area contributed by atoms with Gasteiger partial charge in [-0.1, -0.05) is 32.9 Å². The van der Waals surface area contributed by atoms with E-state index in [1.807, 2.05) is 20.8 Å². The van der Waals surface area contributed by atoms with E-state index in [0.29, 0.717) is 48.1 Å². The number of ether oxygens (including phenoxy) is 2. The predicted octanol–water partition coefficient (Wildman–Crippen LogP) is 4.48. The molecule has 0 radical (unpaired) electrons. The predicted molar refractivity (Wildman–Crippen MR) is 124 cm³/mol. The molecule has 1 amide bonds. The number of hydrogen-bond acceptors (Lipinski definition) is 6. The van der Waals surface area contributed by atoms with Crippen molar-refractivity contribution in [2.24, 2.45) is 5.92 Å². The second-order valence-corrected chi connectivity index (χ2v) is 8.39. The van der Waals surface area contributed by atoms with Crippen LogP contribution in [0.25, 0.3) is 5.76 Å². The molecule has 1 heterocycles. The molecule has 0 saturated carbocycles. The molecule has 2 aromatic carbocycles. The van der Waals surface area contributed by atoms with Crippen molar-refractivity contribution in [2.45, 2.75) is 40.2 Å². The third-order valence-electron chi connectivity index (χ3n) is 5.15. The number of esters is 1. The maximum Gasteiger partial charge on any atom is 0.308 e. The number of nitrogens with zero attached hydrogens (tertiary/aromatic N) is 1. The first-order valence-electron chi connectivity index (χ1n) is 11.0. The Morgan fingerprint density at radius 2 is 1.79 bits per heavy atom. The standard InChI is InChI=1S/C26H29NO6/c1-5-13-27-23(19-7-6-8-21(14-19)33-17(4)28)22(25(30)26(27)31)24(29)18-9-11-20(12-10-18)32-15-16(2)3/h6-12,14,16,23,29H,5,13,15H2,1-4H3/b24-22-. The molecule has 0 aliphatic carbocycles. The minimum absolute atomic E-state index is 0.00396. The van der Waals surface area contributed by atoms with Crippen LogP contribution in [-0.2, 0) is 14.4 Å². The van der Waals surface area contributed by atoms with Crippen LogP contribution in [0, 0.1) is 5.92 Å². The Kier molecular flexibility index (Phi) is 7.53. The van der Waals surface area contributed by atoms with Gasteiger partial charge in [0.2, 0.25) is 0 Å². The summed E-state index contributed by atoms with van der Waals surface area (Å²) in [5.41, 5.74) is 0.978. The van der Waals surface area contributed by atoms with Crippen LogP contribution in [-0.4, -0.2) is 40.8 Å². The quantitative estimate of drug-likeness (QED) is 0.209. The number of amides is 1. The highest BCUT2D eigenvalue weighted by atomic mass is 16.5. The van der Waals surface area contributed by atoms with Crippen molar-refractivity contribution in [2.75, 3.05) is 13.2 Å². The summed E-state index contributed by atoms with van der Waals surface area (Å²) < 4.78 is 10.9. The van der Waals surface area contributed by atoms with E-state index < -0.39 is 23.7 Å². The van der Waals surface area contributed by atoms with E-state index in [-0.39, 0.29) is 11.3 Å². The maximum absolute atomic E-state index is 13.0. The third kappa shape index (κ3) is 5.42. The second-order valence-electron chi connectivity index (χ2n) is 8.39. The molecule has 7 heteroatoms. The molecule has 33 heavy (non-hydrogen) atoms. The number of aliphatic hydroxyl groups is 1. The minimum atomic E-state index is -0.794. The molecule has 1 aliphatic rings. The van der Waals surface area contributed by atoms with Crippen LogP contribution in [0.1, 0.15) is 51.3 Å². The summed E-state index contributed by atoms with van der Waals surface area (Å²) in [6, 6.07) is 12.6. The Morgan fingerprint density at radius 1 is 1.09 bits per heavy atom. The number of Topliss-reactive ketones (excluding diaryl/α,β-unsaturated/α-hetero) is 1. The molecule has 2 aromatic rings. The van der Waals surface area contributed by atoms with Crippen LogP contribution in [0.2, 0.25) is 0 Å². The van der Waals surface area contributed by atoms with Gasteiger partial charge in [-0.2, -0.15) is 0 Å². The highest BCUT2D eigenvalue weighted by Gasteiger charge is 2.45. The molecular formula is C26H29NO6. The normalized spacial score (nSPS) is 17.5. The summed E-state index contributed by atoms with van der Waals surface area (Å²) in [6.45, 7) is 8.20. The van der Waals surface area contributed by atoms with Gasteiger partial charge in [-0.15, -0.1) is 0 Å². The van der Waals surface area contributed by atoms with Crippen LogP contribution in [0.3, 0.4) is 0 Å². The first-order chi connectivity index (χ1) is 15.7. The van der Waals surface area contributed by atoms with Crippen molar-refractivity contribution in [3.63, 3.8) is 0 Å². The van der Waals surface area contributed by atoms with Crippen molar-refractivity contribution >= 4 is 23.4 Å². The van der Waals surface area contributed by atoms with Gasteiger partial charge in [-0.25, -0.2) is 0 Å². The molecule has 0 spiro atoms. The summed E-state index contributed by atoms with van der Waals surface area (Å²) >= 11 is 0. The van der Waals surface area contributed by atoms with Gasteiger partial charge < -0.3 is 19.5 Å². The molecule has 0 aromatic heterocycles. The molecule has 1 fully saturated rings. The fourth-order valence-corrected chi connectivity index (χ4v) is 3.74. The van der Waals surface area contributed by atoms with E-state index in [2.05, 4.69) is 0 Å². The van der Waals surface area contributed by atoms with Gasteiger partial charge >= 0.3 is 5.97 Å². The number of ketones is 1. The lowest BCUT2D eigenvalue weighted by atomic mass is 9.95. The fourth-order valence-electron chi connectivity index (χ4n) is 3.74. The lowest BCUT2D eigenvalue weighted by Gasteiger charge is -2.25. The summed E-state index contributed by atoms with van der Waals surface area (Å²) in [6.07, 6.45) is 0.634. The molecule has 1 N–H and O–H groups in total. The Hall–Kier alpha value is -3.61. The van der Waals surface area contributed by atoms with Crippen molar-refractivity contribution < 1.29 is 29.0 Å². The van der Waals surface area contributed by atoms with Crippen molar-refractivity contribution in [3.8, 4) is 11.5 Å². The number of rotatable bonds is 8. The maximum atomic E-state index is 13.0. The van der Waals surface area contributed by atoms with Gasteiger partial charge in [0.05, 0.1) is 18.2 Å². The van der Waals surface area contributed by atoms with E-state index in [4.69, 9.17) is 9.47 Å². The van der Waals surface area contributed by atoms with Crippen LogP contribution in [0.15, 0.2) is 54.1 Å². The summed E-state index contributed by atoms with van der Waals surface area (Å²) in [5.74, 6) is -0.830. The summed E-state index contributed by atoms with van der Waals surface area (Å²) in [7, 11) is 0. The largest absolute Gasteiger partial charge is 0.507 e. The molecule has 7 nitrogen and oxygen atoms in total. The van der Waals surface area contributed by atoms with Crippen LogP contribution >= 0.6 is 0 Å². The highest BCUT2D eigenvalue weighted by Crippen LogP contribution is 2.40. The first-order valence-corrected chi connectivity index (χ1v) is 11.0. The number of carbonyl (C=O) groups is 3. The zero-order chi connectivity index (χ0) is 24.1. The van der Waals surface area contributed by atoms with Gasteiger partial charge in [-0.3, -0.25) is 14.4 Å². The lowest BCUT2D eigenvalue weighted by Crippen LogP contribution is -2.30. The molecular weight excluding hydrogens is 422 g/mol. The average Bonchev–Trinajstić information content (AvgIpc) is 3.02. The third-order valence-corrected chi connectivity index (χ3v) is 5.15. The molecule has 0 bridgehead atoms. The molecule has 1 saturated heterocycles. The average molecular weight is 452 g/mol. The highest BCUT2D eigenvalue weighted by molar-refractivity contribution is 6.46. The Morgan fingerprint density at radius 3 is 2.39 bits per heavy atom. The van der Waals surface area contributed by atoms with E-state index in [1.165, 1.54) is 11.8 Å². The number of carbonyl (C=O) groups excluding carboxylic acids is 3. The van der Waals surface area contributed by atoms with Gasteiger partial charge in [0.15, 0.2) is 0 Å². The number of likely N-dealkylation sites (tertiary alicyclic amines) is 1. The lowest BCUT2D eigenvalue weighted by molar-refractivity contribution is -0.139. The molecule has 1 atom stereocenters. The fraction of sp³-hybridized carbons (Fsp3) is 0.346. The van der Waals surface area contributed by atoms with E-state index in [0.717, 1.165) is 0 Å². The zero-order valence-electron chi connectivity index (χ0n) is 19.3. The number of benzene rings is 2. The van der Waals surface area contributed by atoms with Crippen molar-refractivity contribution in [1.29, 1.82) is 0 Å². The molecule has 1 aliphatic heterocycles. The van der Waals surface area contributed by atoms with E-state index >= 15 is 0 Å². The summed E-state index contributed by atoms with van der Waals surface area (Å²) in [5, 5.41) is 11.1. The van der Waals surface area contributed by atoms with Crippen molar-refractivity contribution in [1.82, 2.24) is 4.90 Å². The Labute approximate surface area is 193 Å². The Bertz CT molecular complexity index is 1070. The molecule has 3 rings (SSSR count). The zero-order valence-corrected chi connectivity index (χ0v) is 19.3. The van der Waals surface area contributed by atoms with Gasteiger partial charge in [0, 0.05) is 19.0 Å².